The SMILES string of the molecule is COc1ccc(Cl)cc1NC(=O)CN1C(=O)NC2(CCCCC2)C1=O. The molecule has 1 spiro atoms. The van der Waals surface area contributed by atoms with E-state index < -0.39 is 17.5 Å². The Balaban J connectivity index is 1.70. The number of methoxy groups -OCH3 is 1. The molecule has 1 aliphatic heterocycles. The number of anilines is 1. The zero-order chi connectivity index (χ0) is 18.0. The van der Waals surface area contributed by atoms with Gasteiger partial charge in [-0.25, -0.2) is 4.79 Å². The summed E-state index contributed by atoms with van der Waals surface area (Å²) in [6.45, 7) is -0.345. The maximum atomic E-state index is 12.7. The fraction of sp³-hybridized carbons (Fsp3) is 0.471. The van der Waals surface area contributed by atoms with Crippen LogP contribution in [0.4, 0.5) is 10.5 Å². The molecule has 0 bridgehead atoms. The third kappa shape index (κ3) is 3.42. The number of nitrogens with one attached hydrogen (secondary N) is 2. The van der Waals surface area contributed by atoms with Crippen LogP contribution in [0.2, 0.25) is 5.02 Å². The van der Waals surface area contributed by atoms with Crippen LogP contribution in [0.5, 0.6) is 5.75 Å². The smallest absolute Gasteiger partial charge is 0.325 e. The van der Waals surface area contributed by atoms with Crippen molar-refractivity contribution in [1.82, 2.24) is 10.2 Å². The molecule has 4 amide bonds. The Labute approximate surface area is 150 Å². The highest BCUT2D eigenvalue weighted by molar-refractivity contribution is 6.31. The maximum Gasteiger partial charge on any atom is 0.325 e. The molecule has 1 heterocycles. The number of imide groups is 1. The molecule has 1 aromatic rings. The zero-order valence-electron chi connectivity index (χ0n) is 13.9. The van der Waals surface area contributed by atoms with Crippen LogP contribution in [0.25, 0.3) is 0 Å². The summed E-state index contributed by atoms with van der Waals surface area (Å²) >= 11 is 5.94. The first-order valence-electron chi connectivity index (χ1n) is 8.23. The highest BCUT2D eigenvalue weighted by Crippen LogP contribution is 2.33. The number of benzene rings is 1. The van der Waals surface area contributed by atoms with Gasteiger partial charge in [-0.15, -0.1) is 0 Å². The predicted molar refractivity (Wildman–Crippen MR) is 92.7 cm³/mol. The third-order valence-electron chi connectivity index (χ3n) is 4.69. The van der Waals surface area contributed by atoms with Crippen molar-refractivity contribution < 1.29 is 19.1 Å². The van der Waals surface area contributed by atoms with Crippen LogP contribution in [-0.4, -0.2) is 41.9 Å². The Morgan fingerprint density at radius 3 is 2.72 bits per heavy atom. The molecule has 8 heteroatoms. The van der Waals surface area contributed by atoms with Gasteiger partial charge < -0.3 is 15.4 Å². The quantitative estimate of drug-likeness (QED) is 0.802. The summed E-state index contributed by atoms with van der Waals surface area (Å²) in [5.41, 5.74) is -0.442. The molecule has 1 aromatic carbocycles. The monoisotopic (exact) mass is 365 g/mol. The van der Waals surface area contributed by atoms with Crippen LogP contribution < -0.4 is 15.4 Å². The van der Waals surface area contributed by atoms with Crippen LogP contribution >= 0.6 is 11.6 Å². The van der Waals surface area contributed by atoms with Gasteiger partial charge in [-0.1, -0.05) is 30.9 Å². The highest BCUT2D eigenvalue weighted by atomic mass is 35.5. The second-order valence-corrected chi connectivity index (χ2v) is 6.79. The van der Waals surface area contributed by atoms with Crippen molar-refractivity contribution in [3.63, 3.8) is 0 Å². The normalized spacial score (nSPS) is 19.0. The summed E-state index contributed by atoms with van der Waals surface area (Å²) in [4.78, 5) is 38.2. The first-order valence-corrected chi connectivity index (χ1v) is 8.60. The van der Waals surface area contributed by atoms with Crippen molar-refractivity contribution in [3.05, 3.63) is 23.2 Å². The van der Waals surface area contributed by atoms with E-state index in [-0.39, 0.29) is 12.5 Å². The number of urea groups is 1. The third-order valence-corrected chi connectivity index (χ3v) is 4.93. The first kappa shape index (κ1) is 17.5. The Hall–Kier alpha value is -2.28. The highest BCUT2D eigenvalue weighted by Gasteiger charge is 2.51. The number of hydrogen-bond donors (Lipinski definition) is 2. The number of amides is 4. The van der Waals surface area contributed by atoms with Crippen LogP contribution in [0.1, 0.15) is 32.1 Å². The van der Waals surface area contributed by atoms with Crippen LogP contribution in [-0.2, 0) is 9.59 Å². The summed E-state index contributed by atoms with van der Waals surface area (Å²) < 4.78 is 5.17. The molecule has 2 N–H and O–H groups in total. The van der Waals surface area contributed by atoms with E-state index in [9.17, 15) is 14.4 Å². The molecule has 0 aromatic heterocycles. The van der Waals surface area contributed by atoms with Crippen LogP contribution in [0, 0.1) is 0 Å². The standard InChI is InChI=1S/C17H20ClN3O4/c1-25-13-6-5-11(18)9-12(13)19-14(22)10-21-15(23)17(20-16(21)24)7-3-2-4-8-17/h5-6,9H,2-4,7-8,10H2,1H3,(H,19,22)(H,20,24). The molecule has 25 heavy (non-hydrogen) atoms. The van der Waals surface area contributed by atoms with Crippen molar-refractivity contribution in [2.24, 2.45) is 0 Å². The molecule has 0 radical (unpaired) electrons. The summed E-state index contributed by atoms with van der Waals surface area (Å²) in [5, 5.41) is 5.86. The maximum absolute atomic E-state index is 12.7. The molecule has 2 aliphatic rings. The van der Waals surface area contributed by atoms with E-state index in [2.05, 4.69) is 10.6 Å². The number of carbonyl (C=O) groups excluding carboxylic acids is 3. The Kier molecular flexibility index (Phi) is 4.85. The largest absolute Gasteiger partial charge is 0.495 e. The molecule has 134 valence electrons. The van der Waals surface area contributed by atoms with Gasteiger partial charge in [0.05, 0.1) is 12.8 Å². The minimum absolute atomic E-state index is 0.314. The minimum Gasteiger partial charge on any atom is -0.495 e. The molecule has 0 unspecified atom stereocenters. The minimum atomic E-state index is -0.830. The molecular formula is C17H20ClN3O4. The number of hydrogen-bond acceptors (Lipinski definition) is 4. The number of nitrogens with zero attached hydrogens (tertiary/aromatic N) is 1. The first-order chi connectivity index (χ1) is 11.9. The lowest BCUT2D eigenvalue weighted by Gasteiger charge is -2.30. The molecule has 1 saturated heterocycles. The van der Waals surface area contributed by atoms with Gasteiger partial charge >= 0.3 is 6.03 Å². The topological polar surface area (TPSA) is 87.7 Å². The van der Waals surface area contributed by atoms with E-state index in [4.69, 9.17) is 16.3 Å². The van der Waals surface area contributed by atoms with Gasteiger partial charge in [0.25, 0.3) is 5.91 Å². The Morgan fingerprint density at radius 1 is 1.32 bits per heavy atom. The lowest BCUT2D eigenvalue weighted by atomic mass is 9.82. The van der Waals surface area contributed by atoms with Gasteiger partial charge in [0, 0.05) is 5.02 Å². The summed E-state index contributed by atoms with van der Waals surface area (Å²) in [7, 11) is 1.48. The fourth-order valence-electron chi connectivity index (χ4n) is 3.43. The molecular weight excluding hydrogens is 346 g/mol. The second-order valence-electron chi connectivity index (χ2n) is 6.36. The second kappa shape index (κ2) is 6.92. The lowest BCUT2D eigenvalue weighted by Crippen LogP contribution is -2.48. The van der Waals surface area contributed by atoms with Crippen molar-refractivity contribution in [2.75, 3.05) is 19.0 Å². The van der Waals surface area contributed by atoms with Gasteiger partial charge in [0.15, 0.2) is 0 Å². The average molecular weight is 366 g/mol. The van der Waals surface area contributed by atoms with E-state index >= 15 is 0 Å². The van der Waals surface area contributed by atoms with Crippen molar-refractivity contribution in [1.29, 1.82) is 0 Å². The Morgan fingerprint density at radius 2 is 2.04 bits per heavy atom. The van der Waals surface area contributed by atoms with E-state index in [0.717, 1.165) is 24.2 Å². The number of halogens is 1. The number of carbonyl (C=O) groups is 3. The number of rotatable bonds is 4. The fourth-order valence-corrected chi connectivity index (χ4v) is 3.60. The molecule has 3 rings (SSSR count). The predicted octanol–water partition coefficient (Wildman–Crippen LogP) is 2.54. The van der Waals surface area contributed by atoms with Crippen LogP contribution in [0.15, 0.2) is 18.2 Å². The van der Waals surface area contributed by atoms with E-state index in [1.54, 1.807) is 18.2 Å². The summed E-state index contributed by atoms with van der Waals surface area (Å²) in [6.07, 6.45) is 4.09. The van der Waals surface area contributed by atoms with Crippen LogP contribution in [0.3, 0.4) is 0 Å². The molecule has 7 nitrogen and oxygen atoms in total. The van der Waals surface area contributed by atoms with Crippen molar-refractivity contribution in [3.8, 4) is 5.75 Å². The summed E-state index contributed by atoms with van der Waals surface area (Å²) in [5.74, 6) is -0.360. The average Bonchev–Trinajstić information content (AvgIpc) is 2.80. The van der Waals surface area contributed by atoms with E-state index in [1.807, 2.05) is 0 Å². The Bertz CT molecular complexity index is 716. The molecule has 0 atom stereocenters. The molecule has 1 saturated carbocycles. The molecule has 1 aliphatic carbocycles. The van der Waals surface area contributed by atoms with Gasteiger partial charge in [-0.05, 0) is 31.0 Å². The summed E-state index contributed by atoms with van der Waals surface area (Å²) in [6, 6.07) is 4.30. The van der Waals surface area contributed by atoms with Crippen molar-refractivity contribution >= 4 is 35.1 Å². The van der Waals surface area contributed by atoms with Gasteiger partial charge in [0.1, 0.15) is 17.8 Å². The van der Waals surface area contributed by atoms with Gasteiger partial charge in [-0.3, -0.25) is 14.5 Å². The zero-order valence-corrected chi connectivity index (χ0v) is 14.7. The lowest BCUT2D eigenvalue weighted by molar-refractivity contribution is -0.134. The van der Waals surface area contributed by atoms with Crippen molar-refractivity contribution in [2.45, 2.75) is 37.6 Å². The number of ether oxygens (including phenoxy) is 1. The van der Waals surface area contributed by atoms with Gasteiger partial charge in [0.2, 0.25) is 5.91 Å². The van der Waals surface area contributed by atoms with E-state index in [1.165, 1.54) is 7.11 Å². The molecule has 2 fully saturated rings. The van der Waals surface area contributed by atoms with Gasteiger partial charge in [-0.2, -0.15) is 0 Å². The van der Waals surface area contributed by atoms with E-state index in [0.29, 0.717) is 29.3 Å².